The van der Waals surface area contributed by atoms with Crippen molar-refractivity contribution in [3.8, 4) is 0 Å². The quantitative estimate of drug-likeness (QED) is 0.780. The van der Waals surface area contributed by atoms with Crippen LogP contribution in [0.1, 0.15) is 48.0 Å². The van der Waals surface area contributed by atoms with E-state index in [1.54, 1.807) is 4.90 Å². The van der Waals surface area contributed by atoms with Crippen molar-refractivity contribution in [2.24, 2.45) is 11.8 Å². The Bertz CT molecular complexity index is 371. The average Bonchev–Trinajstić information content (AvgIpc) is 2.44. The minimum absolute atomic E-state index is 0.0230. The van der Waals surface area contributed by atoms with Gasteiger partial charge in [-0.1, -0.05) is 34.1 Å². The molecule has 0 aliphatic carbocycles. The van der Waals surface area contributed by atoms with E-state index in [2.05, 4.69) is 5.32 Å². The summed E-state index contributed by atoms with van der Waals surface area (Å²) in [6.07, 6.45) is 0.858. The second kappa shape index (κ2) is 7.78. The van der Waals surface area contributed by atoms with Crippen LogP contribution in [0.3, 0.4) is 0 Å². The van der Waals surface area contributed by atoms with Crippen molar-refractivity contribution in [2.45, 2.75) is 66.1 Å². The molecule has 5 nitrogen and oxygen atoms in total. The van der Waals surface area contributed by atoms with Gasteiger partial charge in [0.15, 0.2) is 0 Å². The van der Waals surface area contributed by atoms with Gasteiger partial charge in [-0.15, -0.1) is 0 Å². The number of nitrogens with zero attached hydrogens (tertiary/aromatic N) is 1. The fourth-order valence-electron chi connectivity index (χ4n) is 2.83. The van der Waals surface area contributed by atoms with Crippen molar-refractivity contribution in [3.05, 3.63) is 0 Å². The Balaban J connectivity index is 3.03. The topological polar surface area (TPSA) is 58.6 Å². The number of hydrogen-bond acceptors (Lipinski definition) is 3. The molecule has 0 bridgehead atoms. The Morgan fingerprint density at radius 1 is 1.19 bits per heavy atom. The van der Waals surface area contributed by atoms with E-state index < -0.39 is 12.1 Å². The summed E-state index contributed by atoms with van der Waals surface area (Å²) in [7, 11) is 0. The molecule has 1 N–H and O–H groups in total. The minimum atomic E-state index is -0.415. The van der Waals surface area contributed by atoms with E-state index in [0.717, 1.165) is 6.42 Å². The fraction of sp³-hybridized carbons (Fsp3) is 0.875. The lowest BCUT2D eigenvalue weighted by atomic mass is 9.90. The van der Waals surface area contributed by atoms with Gasteiger partial charge in [0, 0.05) is 6.61 Å². The molecule has 122 valence electrons. The first-order valence-corrected chi connectivity index (χ1v) is 8.05. The van der Waals surface area contributed by atoms with Crippen LogP contribution in [0.25, 0.3) is 0 Å². The molecule has 1 aliphatic rings. The summed E-state index contributed by atoms with van der Waals surface area (Å²) in [5, 5.41) is 2.92. The second-order valence-corrected chi connectivity index (χ2v) is 6.31. The van der Waals surface area contributed by atoms with E-state index in [1.165, 1.54) is 0 Å². The molecule has 1 saturated heterocycles. The molecular weight excluding hydrogens is 268 g/mol. The lowest BCUT2D eigenvalue weighted by molar-refractivity contribution is -0.156. The zero-order valence-corrected chi connectivity index (χ0v) is 14.2. The monoisotopic (exact) mass is 298 g/mol. The Morgan fingerprint density at radius 2 is 1.81 bits per heavy atom. The van der Waals surface area contributed by atoms with Crippen LogP contribution in [0, 0.1) is 11.8 Å². The van der Waals surface area contributed by atoms with Crippen molar-refractivity contribution < 1.29 is 14.3 Å². The van der Waals surface area contributed by atoms with Crippen LogP contribution in [-0.2, 0) is 14.3 Å². The minimum Gasteiger partial charge on any atom is -0.380 e. The van der Waals surface area contributed by atoms with Gasteiger partial charge in [0.2, 0.25) is 11.8 Å². The van der Waals surface area contributed by atoms with Crippen LogP contribution in [0.15, 0.2) is 0 Å². The first-order chi connectivity index (χ1) is 9.84. The van der Waals surface area contributed by atoms with Crippen LogP contribution in [0.4, 0.5) is 0 Å². The first kappa shape index (κ1) is 18.0. The number of piperazine rings is 1. The normalized spacial score (nSPS) is 26.0. The van der Waals surface area contributed by atoms with E-state index >= 15 is 0 Å². The summed E-state index contributed by atoms with van der Waals surface area (Å²) < 4.78 is 5.46. The molecule has 0 saturated carbocycles. The summed E-state index contributed by atoms with van der Waals surface area (Å²) in [6.45, 7) is 12.9. The van der Waals surface area contributed by atoms with Crippen molar-refractivity contribution in [2.75, 3.05) is 13.2 Å². The summed E-state index contributed by atoms with van der Waals surface area (Å²) in [5.41, 5.74) is 0. The van der Waals surface area contributed by atoms with E-state index in [9.17, 15) is 9.59 Å². The molecule has 4 unspecified atom stereocenters. The molecule has 2 amide bonds. The van der Waals surface area contributed by atoms with Gasteiger partial charge >= 0.3 is 0 Å². The number of amides is 2. The highest BCUT2D eigenvalue weighted by Crippen LogP contribution is 2.24. The number of ether oxygens (including phenoxy) is 1. The molecule has 0 spiro atoms. The largest absolute Gasteiger partial charge is 0.380 e. The van der Waals surface area contributed by atoms with Gasteiger partial charge in [-0.2, -0.15) is 0 Å². The average molecular weight is 298 g/mol. The van der Waals surface area contributed by atoms with Gasteiger partial charge in [-0.25, -0.2) is 0 Å². The third-order valence-electron chi connectivity index (χ3n) is 4.27. The third-order valence-corrected chi connectivity index (χ3v) is 4.27. The van der Waals surface area contributed by atoms with Gasteiger partial charge in [-0.05, 0) is 25.7 Å². The molecule has 1 heterocycles. The zero-order valence-electron chi connectivity index (χ0n) is 14.2. The molecule has 0 aromatic heterocycles. The van der Waals surface area contributed by atoms with Crippen molar-refractivity contribution in [1.29, 1.82) is 0 Å². The fourth-order valence-corrected chi connectivity index (χ4v) is 2.83. The predicted octanol–water partition coefficient (Wildman–Crippen LogP) is 1.81. The zero-order chi connectivity index (χ0) is 16.2. The van der Waals surface area contributed by atoms with E-state index in [0.29, 0.717) is 13.2 Å². The predicted molar refractivity (Wildman–Crippen MR) is 82.8 cm³/mol. The summed E-state index contributed by atoms with van der Waals surface area (Å²) in [6, 6.07) is -0.919. The Kier molecular flexibility index (Phi) is 6.65. The maximum Gasteiger partial charge on any atom is 0.246 e. The van der Waals surface area contributed by atoms with Gasteiger partial charge in [0.05, 0.1) is 12.6 Å². The van der Waals surface area contributed by atoms with Gasteiger partial charge in [-0.3, -0.25) is 9.59 Å². The number of rotatable bonds is 7. The third kappa shape index (κ3) is 3.96. The standard InChI is InChI=1S/C16H30N2O3/c1-7-11(5)13-16(20)18(12(6)9-21-8-2)14(10(3)4)15(19)17-13/h10-14H,7-9H2,1-6H3,(H,17,19). The molecule has 0 aromatic carbocycles. The molecule has 4 atom stereocenters. The molecular formula is C16H30N2O3. The molecule has 1 aliphatic heterocycles. The number of nitrogens with one attached hydrogen (secondary N) is 1. The van der Waals surface area contributed by atoms with Gasteiger partial charge in [0.25, 0.3) is 0 Å². The molecule has 0 aromatic rings. The van der Waals surface area contributed by atoms with Crippen molar-refractivity contribution in [1.82, 2.24) is 10.2 Å². The van der Waals surface area contributed by atoms with E-state index in [4.69, 9.17) is 4.74 Å². The van der Waals surface area contributed by atoms with Crippen LogP contribution >= 0.6 is 0 Å². The van der Waals surface area contributed by atoms with Crippen molar-refractivity contribution in [3.63, 3.8) is 0 Å². The Labute approximate surface area is 128 Å². The maximum absolute atomic E-state index is 12.8. The Hall–Kier alpha value is -1.10. The lowest BCUT2D eigenvalue weighted by Crippen LogP contribution is -2.68. The number of hydrogen-bond donors (Lipinski definition) is 1. The highest BCUT2D eigenvalue weighted by Gasteiger charge is 2.45. The number of carbonyl (C=O) groups excluding carboxylic acids is 2. The van der Waals surface area contributed by atoms with Crippen LogP contribution in [0.5, 0.6) is 0 Å². The van der Waals surface area contributed by atoms with Crippen molar-refractivity contribution >= 4 is 11.8 Å². The lowest BCUT2D eigenvalue weighted by Gasteiger charge is -2.45. The smallest absolute Gasteiger partial charge is 0.246 e. The molecule has 0 radical (unpaired) electrons. The van der Waals surface area contributed by atoms with E-state index in [-0.39, 0.29) is 29.7 Å². The van der Waals surface area contributed by atoms with E-state index in [1.807, 2.05) is 41.5 Å². The molecule has 21 heavy (non-hydrogen) atoms. The summed E-state index contributed by atoms with van der Waals surface area (Å²) in [4.78, 5) is 27.0. The molecule has 5 heteroatoms. The van der Waals surface area contributed by atoms with Gasteiger partial charge < -0.3 is 15.0 Å². The highest BCUT2D eigenvalue weighted by atomic mass is 16.5. The van der Waals surface area contributed by atoms with Gasteiger partial charge in [0.1, 0.15) is 12.1 Å². The summed E-state index contributed by atoms with van der Waals surface area (Å²) in [5.74, 6) is 0.195. The first-order valence-electron chi connectivity index (χ1n) is 8.05. The maximum atomic E-state index is 12.8. The molecule has 1 rings (SSSR count). The SMILES string of the molecule is CCOCC(C)N1C(=O)C(C(C)CC)NC(=O)C1C(C)C. The Morgan fingerprint density at radius 3 is 2.29 bits per heavy atom. The molecule has 1 fully saturated rings. The number of carbonyl (C=O) groups is 2. The highest BCUT2D eigenvalue weighted by molar-refractivity contribution is 5.97. The van der Waals surface area contributed by atoms with Crippen LogP contribution in [0.2, 0.25) is 0 Å². The van der Waals surface area contributed by atoms with Crippen LogP contribution < -0.4 is 5.32 Å². The van der Waals surface area contributed by atoms with Crippen LogP contribution in [-0.4, -0.2) is 48.1 Å². The summed E-state index contributed by atoms with van der Waals surface area (Å²) >= 11 is 0. The second-order valence-electron chi connectivity index (χ2n) is 6.31.